The predicted octanol–water partition coefficient (Wildman–Crippen LogP) is 6.21. The summed E-state index contributed by atoms with van der Waals surface area (Å²) in [6.45, 7) is 8.85. The molecule has 32 heavy (non-hydrogen) atoms. The second-order valence-electron chi connectivity index (χ2n) is 8.74. The molecule has 0 amide bonds. The first kappa shape index (κ1) is 23.3. The van der Waals surface area contributed by atoms with E-state index in [4.69, 9.17) is 4.74 Å². The molecule has 0 aliphatic carbocycles. The van der Waals surface area contributed by atoms with E-state index in [1.54, 1.807) is 36.4 Å². The minimum absolute atomic E-state index is 0.105. The lowest BCUT2D eigenvalue weighted by Gasteiger charge is -2.19. The molecule has 0 bridgehead atoms. The van der Waals surface area contributed by atoms with Crippen LogP contribution in [0, 0.1) is 18.3 Å². The third-order valence-electron chi connectivity index (χ3n) is 5.13. The van der Waals surface area contributed by atoms with Crippen LogP contribution >= 0.6 is 0 Å². The number of allylic oxidation sites excluding steroid dienone is 1. The van der Waals surface area contributed by atoms with Gasteiger partial charge in [-0.05, 0) is 59.4 Å². The Labute approximate surface area is 190 Å². The van der Waals surface area contributed by atoms with E-state index in [0.717, 1.165) is 11.1 Å². The Morgan fingerprint density at radius 2 is 1.53 bits per heavy atom. The first-order chi connectivity index (χ1) is 15.1. The summed E-state index contributed by atoms with van der Waals surface area (Å²) in [4.78, 5) is -0.192. The summed E-state index contributed by atoms with van der Waals surface area (Å²) in [5, 5.41) is 9.45. The Balaban J connectivity index is 1.71. The molecule has 0 spiro atoms. The fourth-order valence-corrected chi connectivity index (χ4v) is 4.25. The quantitative estimate of drug-likeness (QED) is 0.423. The number of rotatable bonds is 6. The molecule has 0 N–H and O–H groups in total. The van der Waals surface area contributed by atoms with Crippen LogP contribution in [0.25, 0.3) is 6.08 Å². The highest BCUT2D eigenvalue weighted by atomic mass is 32.2. The molecule has 0 radical (unpaired) electrons. The maximum absolute atomic E-state index is 12.8. The number of nitrogens with zero attached hydrogens (tertiary/aromatic N) is 1. The highest BCUT2D eigenvalue weighted by Crippen LogP contribution is 2.24. The van der Waals surface area contributed by atoms with Crippen molar-refractivity contribution < 1.29 is 13.2 Å². The van der Waals surface area contributed by atoms with Crippen molar-refractivity contribution in [2.45, 2.75) is 44.6 Å². The molecule has 0 aromatic heterocycles. The number of sulfone groups is 1. The van der Waals surface area contributed by atoms with Gasteiger partial charge in [0.15, 0.2) is 0 Å². The van der Waals surface area contributed by atoms with E-state index in [0.29, 0.717) is 17.9 Å². The molecule has 0 fully saturated rings. The Morgan fingerprint density at radius 1 is 0.938 bits per heavy atom. The summed E-state index contributed by atoms with van der Waals surface area (Å²) in [5.74, 6) is 0.668. The van der Waals surface area contributed by atoms with Gasteiger partial charge < -0.3 is 4.74 Å². The van der Waals surface area contributed by atoms with Crippen molar-refractivity contribution in [3.63, 3.8) is 0 Å². The molecule has 0 saturated heterocycles. The van der Waals surface area contributed by atoms with E-state index in [1.165, 1.54) is 23.8 Å². The monoisotopic (exact) mass is 445 g/mol. The maximum Gasteiger partial charge on any atom is 0.216 e. The molecule has 3 aromatic rings. The van der Waals surface area contributed by atoms with Crippen molar-refractivity contribution >= 4 is 15.9 Å². The number of benzene rings is 3. The maximum atomic E-state index is 12.8. The minimum atomic E-state index is -3.87. The molecule has 164 valence electrons. The van der Waals surface area contributed by atoms with Crippen LogP contribution in [0.3, 0.4) is 0 Å². The lowest BCUT2D eigenvalue weighted by molar-refractivity contribution is 0.306. The molecule has 0 atom stereocenters. The third-order valence-corrected chi connectivity index (χ3v) is 6.82. The topological polar surface area (TPSA) is 67.2 Å². The summed E-state index contributed by atoms with van der Waals surface area (Å²) in [6.07, 6.45) is 1.38. The van der Waals surface area contributed by atoms with Gasteiger partial charge >= 0.3 is 0 Å². The van der Waals surface area contributed by atoms with Crippen molar-refractivity contribution in [3.05, 3.63) is 100.0 Å². The van der Waals surface area contributed by atoms with Gasteiger partial charge in [0.25, 0.3) is 0 Å². The zero-order valence-electron chi connectivity index (χ0n) is 18.8. The van der Waals surface area contributed by atoms with Gasteiger partial charge in [0.2, 0.25) is 9.84 Å². The SMILES string of the molecule is Cc1ccc(S(=O)(=O)C(C#N)=Cc2ccc(OCc3ccc(C(C)(C)C)cc3)cc2)cc1. The first-order valence-electron chi connectivity index (χ1n) is 10.4. The lowest BCUT2D eigenvalue weighted by atomic mass is 9.87. The van der Waals surface area contributed by atoms with Gasteiger partial charge in [0.1, 0.15) is 23.3 Å². The van der Waals surface area contributed by atoms with Crippen LogP contribution in [0.4, 0.5) is 0 Å². The molecular formula is C27H27NO3S. The number of hydrogen-bond acceptors (Lipinski definition) is 4. The third kappa shape index (κ3) is 5.66. The number of ether oxygens (including phenoxy) is 1. The van der Waals surface area contributed by atoms with Crippen LogP contribution in [-0.2, 0) is 21.9 Å². The molecule has 3 rings (SSSR count). The van der Waals surface area contributed by atoms with E-state index >= 15 is 0 Å². The van der Waals surface area contributed by atoms with Crippen molar-refractivity contribution in [1.82, 2.24) is 0 Å². The van der Waals surface area contributed by atoms with Crippen LogP contribution < -0.4 is 4.74 Å². The average molecular weight is 446 g/mol. The largest absolute Gasteiger partial charge is 0.489 e. The summed E-state index contributed by atoms with van der Waals surface area (Å²) < 4.78 is 31.4. The molecule has 0 unspecified atom stereocenters. The molecule has 0 heterocycles. The van der Waals surface area contributed by atoms with Crippen molar-refractivity contribution in [1.29, 1.82) is 5.26 Å². The smallest absolute Gasteiger partial charge is 0.216 e. The molecule has 0 saturated carbocycles. The Kier molecular flexibility index (Phi) is 6.86. The number of aryl methyl sites for hydroxylation is 1. The molecule has 5 heteroatoms. The first-order valence-corrected chi connectivity index (χ1v) is 11.8. The van der Waals surface area contributed by atoms with Gasteiger partial charge in [-0.15, -0.1) is 0 Å². The van der Waals surface area contributed by atoms with Crippen LogP contribution in [0.5, 0.6) is 5.75 Å². The molecule has 3 aromatic carbocycles. The Hall–Kier alpha value is -3.36. The fourth-order valence-electron chi connectivity index (χ4n) is 3.09. The van der Waals surface area contributed by atoms with Crippen molar-refractivity contribution in [2.24, 2.45) is 0 Å². The van der Waals surface area contributed by atoms with Crippen molar-refractivity contribution in [3.8, 4) is 11.8 Å². The highest BCUT2D eigenvalue weighted by Gasteiger charge is 2.20. The summed E-state index contributed by atoms with van der Waals surface area (Å²) in [5.41, 5.74) is 4.01. The zero-order chi connectivity index (χ0) is 23.4. The van der Waals surface area contributed by atoms with E-state index in [2.05, 4.69) is 45.0 Å². The van der Waals surface area contributed by atoms with E-state index in [9.17, 15) is 13.7 Å². The van der Waals surface area contributed by atoms with E-state index < -0.39 is 9.84 Å². The van der Waals surface area contributed by atoms with Gasteiger partial charge in [0.05, 0.1) is 4.90 Å². The van der Waals surface area contributed by atoms with Crippen LogP contribution in [0.1, 0.15) is 43.0 Å². The predicted molar refractivity (Wildman–Crippen MR) is 128 cm³/mol. The summed E-state index contributed by atoms with van der Waals surface area (Å²) in [6, 6.07) is 23.6. The van der Waals surface area contributed by atoms with Crippen LogP contribution in [-0.4, -0.2) is 8.42 Å². The van der Waals surface area contributed by atoms with Gasteiger partial charge in [-0.25, -0.2) is 8.42 Å². The number of nitriles is 1. The standard InChI is InChI=1S/C27H27NO3S/c1-20-5-15-25(16-6-20)32(29,30)26(18-28)17-21-9-13-24(14-10-21)31-19-22-7-11-23(12-8-22)27(2,3)4/h5-17H,19H2,1-4H3. The molecular weight excluding hydrogens is 418 g/mol. The minimum Gasteiger partial charge on any atom is -0.489 e. The zero-order valence-corrected chi connectivity index (χ0v) is 19.6. The molecule has 4 nitrogen and oxygen atoms in total. The van der Waals surface area contributed by atoms with Crippen molar-refractivity contribution in [2.75, 3.05) is 0 Å². The molecule has 0 aliphatic heterocycles. The second-order valence-corrected chi connectivity index (χ2v) is 10.7. The second kappa shape index (κ2) is 9.42. The van der Waals surface area contributed by atoms with Gasteiger partial charge in [-0.2, -0.15) is 5.26 Å². The van der Waals surface area contributed by atoms with Crippen LogP contribution in [0.2, 0.25) is 0 Å². The fraction of sp³-hybridized carbons (Fsp3) is 0.222. The van der Waals surface area contributed by atoms with Gasteiger partial charge in [-0.3, -0.25) is 0 Å². The Bertz CT molecular complexity index is 1240. The Morgan fingerprint density at radius 3 is 2.06 bits per heavy atom. The van der Waals surface area contributed by atoms with Gasteiger partial charge in [-0.1, -0.05) is 74.9 Å². The number of hydrogen-bond donors (Lipinski definition) is 0. The lowest BCUT2D eigenvalue weighted by Crippen LogP contribution is -2.10. The molecule has 0 aliphatic rings. The summed E-state index contributed by atoms with van der Waals surface area (Å²) in [7, 11) is -3.87. The van der Waals surface area contributed by atoms with E-state index in [-0.39, 0.29) is 15.2 Å². The normalized spacial score (nSPS) is 12.3. The van der Waals surface area contributed by atoms with Crippen LogP contribution in [0.15, 0.2) is 82.6 Å². The van der Waals surface area contributed by atoms with Gasteiger partial charge in [0, 0.05) is 0 Å². The summed E-state index contributed by atoms with van der Waals surface area (Å²) >= 11 is 0. The van der Waals surface area contributed by atoms with E-state index in [1.807, 2.05) is 13.0 Å². The average Bonchev–Trinajstić information content (AvgIpc) is 2.76. The highest BCUT2D eigenvalue weighted by molar-refractivity contribution is 7.95.